The van der Waals surface area contributed by atoms with E-state index in [0.717, 1.165) is 9.87 Å². The second-order valence-electron chi connectivity index (χ2n) is 4.32. The molecule has 19 heavy (non-hydrogen) atoms. The summed E-state index contributed by atoms with van der Waals surface area (Å²) in [6.07, 6.45) is 0. The van der Waals surface area contributed by atoms with Crippen molar-refractivity contribution in [3.63, 3.8) is 0 Å². The topological polar surface area (TPSA) is 83.9 Å². The van der Waals surface area contributed by atoms with E-state index in [1.807, 2.05) is 6.07 Å². The summed E-state index contributed by atoms with van der Waals surface area (Å²) in [4.78, 5) is 10.9. The summed E-state index contributed by atoms with van der Waals surface area (Å²) >= 11 is 0. The zero-order valence-electron chi connectivity index (χ0n) is 10.4. The Morgan fingerprint density at radius 3 is 2.79 bits per heavy atom. The van der Waals surface area contributed by atoms with Gasteiger partial charge in [0.05, 0.1) is 0 Å². The minimum Gasteiger partial charge on any atom is -0.492 e. The van der Waals surface area contributed by atoms with Gasteiger partial charge in [0.25, 0.3) is 0 Å². The molecular weight excluding hydrogens is 270 g/mol. The molecule has 1 unspecified atom stereocenters. The van der Waals surface area contributed by atoms with Crippen LogP contribution in [0.4, 0.5) is 0 Å². The Balaban J connectivity index is 2.30. The zero-order valence-corrected chi connectivity index (χ0v) is 11.3. The number of para-hydroxylation sites is 1. The summed E-state index contributed by atoms with van der Waals surface area (Å²) in [7, 11) is -3.87. The summed E-state index contributed by atoms with van der Waals surface area (Å²) in [5.41, 5.74) is 0.737. The van der Waals surface area contributed by atoms with Gasteiger partial charge in [-0.2, -0.15) is 4.31 Å². The number of sulfonamides is 1. The molecule has 1 heterocycles. The molecular formula is C12H15NO5S. The quantitative estimate of drug-likeness (QED) is 0.883. The van der Waals surface area contributed by atoms with Gasteiger partial charge >= 0.3 is 5.97 Å². The monoisotopic (exact) mass is 285 g/mol. The van der Waals surface area contributed by atoms with Crippen molar-refractivity contribution in [3.8, 4) is 5.75 Å². The van der Waals surface area contributed by atoms with E-state index >= 15 is 0 Å². The molecule has 104 valence electrons. The second-order valence-corrected chi connectivity index (χ2v) is 6.57. The molecule has 1 aromatic carbocycles. The first-order valence-electron chi connectivity index (χ1n) is 5.85. The number of fused-ring (bicyclic) bond motifs is 1. The van der Waals surface area contributed by atoms with Gasteiger partial charge in [-0.1, -0.05) is 18.2 Å². The van der Waals surface area contributed by atoms with Crippen LogP contribution in [0.5, 0.6) is 5.75 Å². The Morgan fingerprint density at radius 2 is 2.11 bits per heavy atom. The second kappa shape index (κ2) is 5.18. The molecule has 1 atom stereocenters. The van der Waals surface area contributed by atoms with Crippen molar-refractivity contribution in [2.75, 3.05) is 13.2 Å². The maximum atomic E-state index is 12.2. The van der Waals surface area contributed by atoms with Gasteiger partial charge < -0.3 is 9.84 Å². The van der Waals surface area contributed by atoms with Crippen LogP contribution in [0, 0.1) is 0 Å². The van der Waals surface area contributed by atoms with Gasteiger partial charge in [-0.25, -0.2) is 8.42 Å². The molecule has 1 aromatic rings. The van der Waals surface area contributed by atoms with Crippen LogP contribution < -0.4 is 4.74 Å². The Hall–Kier alpha value is -1.60. The van der Waals surface area contributed by atoms with Gasteiger partial charge in [0.1, 0.15) is 12.4 Å². The third-order valence-corrected chi connectivity index (χ3v) is 5.20. The normalized spacial score (nSPS) is 17.9. The SMILES string of the molecule is CC(C(=O)O)S(=O)(=O)N1CCOc2ccccc2C1. The minimum absolute atomic E-state index is 0.135. The first-order chi connectivity index (χ1) is 8.93. The van der Waals surface area contributed by atoms with Crippen molar-refractivity contribution in [3.05, 3.63) is 29.8 Å². The molecule has 6 nitrogen and oxygen atoms in total. The van der Waals surface area contributed by atoms with Gasteiger partial charge in [-0.3, -0.25) is 4.79 Å². The molecule has 0 amide bonds. The summed E-state index contributed by atoms with van der Waals surface area (Å²) in [5.74, 6) is -0.707. The average molecular weight is 285 g/mol. The van der Waals surface area contributed by atoms with Crippen molar-refractivity contribution < 1.29 is 23.1 Å². The van der Waals surface area contributed by atoms with E-state index in [2.05, 4.69) is 0 Å². The van der Waals surface area contributed by atoms with Crippen LogP contribution in [-0.2, 0) is 21.4 Å². The number of carboxylic acids is 1. The van der Waals surface area contributed by atoms with Crippen molar-refractivity contribution >= 4 is 16.0 Å². The third kappa shape index (κ3) is 2.71. The number of aliphatic carboxylic acids is 1. The maximum absolute atomic E-state index is 12.2. The molecule has 0 fully saturated rings. The van der Waals surface area contributed by atoms with Crippen molar-refractivity contribution in [2.45, 2.75) is 18.7 Å². The van der Waals surface area contributed by atoms with Gasteiger partial charge in [0, 0.05) is 18.7 Å². The van der Waals surface area contributed by atoms with Crippen LogP contribution in [0.2, 0.25) is 0 Å². The Kier molecular flexibility index (Phi) is 3.77. The smallest absolute Gasteiger partial charge is 0.323 e. The third-order valence-electron chi connectivity index (χ3n) is 3.07. The molecule has 0 bridgehead atoms. The van der Waals surface area contributed by atoms with Gasteiger partial charge in [-0.05, 0) is 13.0 Å². The Morgan fingerprint density at radius 1 is 1.42 bits per heavy atom. The molecule has 0 aliphatic carbocycles. The van der Waals surface area contributed by atoms with Crippen molar-refractivity contribution in [1.29, 1.82) is 0 Å². The maximum Gasteiger partial charge on any atom is 0.323 e. The van der Waals surface area contributed by atoms with Gasteiger partial charge in [-0.15, -0.1) is 0 Å². The van der Waals surface area contributed by atoms with Crippen molar-refractivity contribution in [2.24, 2.45) is 0 Å². The predicted molar refractivity (Wildman–Crippen MR) is 68.4 cm³/mol. The van der Waals surface area contributed by atoms with E-state index in [-0.39, 0.29) is 19.7 Å². The van der Waals surface area contributed by atoms with Crippen molar-refractivity contribution in [1.82, 2.24) is 4.31 Å². The number of benzene rings is 1. The average Bonchev–Trinajstić information content (AvgIpc) is 2.60. The Bertz CT molecular complexity index is 584. The van der Waals surface area contributed by atoms with E-state index in [1.54, 1.807) is 18.2 Å². The predicted octanol–water partition coefficient (Wildman–Crippen LogP) is 0.684. The lowest BCUT2D eigenvalue weighted by Crippen LogP contribution is -2.41. The standard InChI is InChI=1S/C12H15NO5S/c1-9(12(14)15)19(16,17)13-6-7-18-11-5-3-2-4-10(11)8-13/h2-5,9H,6-8H2,1H3,(H,14,15). The molecule has 1 aliphatic heterocycles. The van der Waals surface area contributed by atoms with Crippen LogP contribution in [0.1, 0.15) is 12.5 Å². The fourth-order valence-corrected chi connectivity index (χ4v) is 3.22. The van der Waals surface area contributed by atoms with Gasteiger partial charge in [0.2, 0.25) is 10.0 Å². The number of hydrogen-bond donors (Lipinski definition) is 1. The Labute approximate surface area is 111 Å². The van der Waals surface area contributed by atoms with Crippen LogP contribution in [0.25, 0.3) is 0 Å². The highest BCUT2D eigenvalue weighted by atomic mass is 32.2. The summed E-state index contributed by atoms with van der Waals surface area (Å²) in [6.45, 7) is 1.67. The molecule has 1 aliphatic rings. The van der Waals surface area contributed by atoms with Gasteiger partial charge in [0.15, 0.2) is 5.25 Å². The lowest BCUT2D eigenvalue weighted by atomic mass is 10.2. The van der Waals surface area contributed by atoms with E-state index in [1.165, 1.54) is 6.92 Å². The lowest BCUT2D eigenvalue weighted by molar-refractivity contribution is -0.136. The molecule has 2 rings (SSSR count). The first-order valence-corrected chi connectivity index (χ1v) is 7.35. The number of carboxylic acid groups (broad SMARTS) is 1. The summed E-state index contributed by atoms with van der Waals surface area (Å²) in [5, 5.41) is 7.42. The molecule has 0 saturated heterocycles. The summed E-state index contributed by atoms with van der Waals surface area (Å²) in [6, 6.07) is 7.14. The van der Waals surface area contributed by atoms with Crippen LogP contribution in [0.15, 0.2) is 24.3 Å². The molecule has 0 radical (unpaired) electrons. The van der Waals surface area contributed by atoms with Crippen LogP contribution in [-0.4, -0.2) is 42.2 Å². The fourth-order valence-electron chi connectivity index (χ4n) is 1.87. The summed E-state index contributed by atoms with van der Waals surface area (Å²) < 4.78 is 31.0. The highest BCUT2D eigenvalue weighted by Gasteiger charge is 2.35. The molecule has 1 N–H and O–H groups in total. The number of hydrogen-bond acceptors (Lipinski definition) is 4. The largest absolute Gasteiger partial charge is 0.492 e. The molecule has 0 aromatic heterocycles. The molecule has 0 saturated carbocycles. The molecule has 7 heteroatoms. The van der Waals surface area contributed by atoms with Crippen LogP contribution >= 0.6 is 0 Å². The highest BCUT2D eigenvalue weighted by molar-refractivity contribution is 7.90. The number of ether oxygens (including phenoxy) is 1. The van der Waals surface area contributed by atoms with E-state index in [4.69, 9.17) is 9.84 Å². The number of nitrogens with zero attached hydrogens (tertiary/aromatic N) is 1. The van der Waals surface area contributed by atoms with E-state index in [9.17, 15) is 13.2 Å². The number of carbonyl (C=O) groups is 1. The molecule has 0 spiro atoms. The number of rotatable bonds is 3. The minimum atomic E-state index is -3.87. The first kappa shape index (κ1) is 13.8. The van der Waals surface area contributed by atoms with E-state index < -0.39 is 21.2 Å². The lowest BCUT2D eigenvalue weighted by Gasteiger charge is -2.21. The van der Waals surface area contributed by atoms with Crippen LogP contribution in [0.3, 0.4) is 0 Å². The van der Waals surface area contributed by atoms with E-state index in [0.29, 0.717) is 5.75 Å². The highest BCUT2D eigenvalue weighted by Crippen LogP contribution is 2.24. The fraction of sp³-hybridized carbons (Fsp3) is 0.417. The zero-order chi connectivity index (χ0) is 14.0.